The van der Waals surface area contributed by atoms with E-state index < -0.39 is 5.54 Å². The first kappa shape index (κ1) is 16.4. The maximum atomic E-state index is 11.6. The highest BCUT2D eigenvalue weighted by atomic mass is 16.1. The van der Waals surface area contributed by atoms with Gasteiger partial charge in [0.1, 0.15) is 0 Å². The van der Waals surface area contributed by atoms with Gasteiger partial charge in [0.25, 0.3) is 0 Å². The molecule has 4 heteroatoms. The van der Waals surface area contributed by atoms with Crippen LogP contribution < -0.4 is 11.1 Å². The molecule has 1 rings (SSSR count). The normalized spacial score (nSPS) is 17.7. The third-order valence-corrected chi connectivity index (χ3v) is 3.82. The molecule has 0 unspecified atom stereocenters. The van der Waals surface area contributed by atoms with E-state index in [0.717, 1.165) is 25.6 Å². The average Bonchev–Trinajstić information content (AvgIpc) is 2.33. The highest BCUT2D eigenvalue weighted by Gasteiger charge is 2.18. The molecule has 0 aromatic heterocycles. The summed E-state index contributed by atoms with van der Waals surface area (Å²) in [5.41, 5.74) is 5.40. The fourth-order valence-corrected chi connectivity index (χ4v) is 2.74. The number of carbonyl (C=O) groups is 1. The first-order valence-corrected chi connectivity index (χ1v) is 7.64. The molecule has 1 fully saturated rings. The van der Waals surface area contributed by atoms with Gasteiger partial charge in [0.15, 0.2) is 0 Å². The lowest BCUT2D eigenvalue weighted by Crippen LogP contribution is -2.40. The van der Waals surface area contributed by atoms with E-state index in [1.807, 2.05) is 13.8 Å². The van der Waals surface area contributed by atoms with E-state index in [1.54, 1.807) is 0 Å². The molecule has 0 aromatic carbocycles. The van der Waals surface area contributed by atoms with Gasteiger partial charge in [-0.3, -0.25) is 4.79 Å². The summed E-state index contributed by atoms with van der Waals surface area (Å²) >= 11 is 0. The predicted molar refractivity (Wildman–Crippen MR) is 80.0 cm³/mol. The highest BCUT2D eigenvalue weighted by Crippen LogP contribution is 2.21. The molecule has 1 aliphatic rings. The first-order chi connectivity index (χ1) is 8.88. The lowest BCUT2D eigenvalue weighted by atomic mass is 9.94. The Balaban J connectivity index is 2.08. The fourth-order valence-electron chi connectivity index (χ4n) is 2.74. The molecular formula is C15H31N3O. The molecule has 3 N–H and O–H groups in total. The summed E-state index contributed by atoms with van der Waals surface area (Å²) in [5.74, 6) is 0.0628. The van der Waals surface area contributed by atoms with Crippen LogP contribution in [0, 0.1) is 0 Å². The van der Waals surface area contributed by atoms with Crippen LogP contribution in [0.4, 0.5) is 0 Å². The van der Waals surface area contributed by atoms with Gasteiger partial charge >= 0.3 is 0 Å². The van der Waals surface area contributed by atoms with Gasteiger partial charge in [-0.25, -0.2) is 0 Å². The summed E-state index contributed by atoms with van der Waals surface area (Å²) in [6, 6.07) is 0.757. The maximum absolute atomic E-state index is 11.6. The topological polar surface area (TPSA) is 58.4 Å². The molecule has 0 saturated heterocycles. The van der Waals surface area contributed by atoms with Crippen LogP contribution in [0.5, 0.6) is 0 Å². The van der Waals surface area contributed by atoms with Crippen LogP contribution in [0.25, 0.3) is 0 Å². The molecule has 0 heterocycles. The van der Waals surface area contributed by atoms with Crippen molar-refractivity contribution in [3.05, 3.63) is 0 Å². The van der Waals surface area contributed by atoms with Crippen molar-refractivity contribution < 1.29 is 4.79 Å². The molecule has 0 aromatic rings. The summed E-state index contributed by atoms with van der Waals surface area (Å²) in [4.78, 5) is 14.1. The van der Waals surface area contributed by atoms with Crippen molar-refractivity contribution in [2.45, 2.75) is 70.4 Å². The Kier molecular flexibility index (Phi) is 6.80. The van der Waals surface area contributed by atoms with E-state index >= 15 is 0 Å². The summed E-state index contributed by atoms with van der Waals surface area (Å²) in [6.45, 7) is 5.58. The molecular weight excluding hydrogens is 238 g/mol. The van der Waals surface area contributed by atoms with Gasteiger partial charge in [-0.15, -0.1) is 0 Å². The van der Waals surface area contributed by atoms with Crippen molar-refractivity contribution in [2.75, 3.05) is 20.1 Å². The molecule has 0 atom stereocenters. The van der Waals surface area contributed by atoms with Gasteiger partial charge < -0.3 is 16.0 Å². The smallest absolute Gasteiger partial charge is 0.221 e. The van der Waals surface area contributed by atoms with E-state index in [-0.39, 0.29) is 5.91 Å². The molecule has 19 heavy (non-hydrogen) atoms. The molecule has 1 aliphatic carbocycles. The third-order valence-electron chi connectivity index (χ3n) is 3.82. The second kappa shape index (κ2) is 7.85. The second-order valence-electron chi connectivity index (χ2n) is 6.64. The Morgan fingerprint density at radius 2 is 1.95 bits per heavy atom. The summed E-state index contributed by atoms with van der Waals surface area (Å²) in [7, 11) is 2.21. The van der Waals surface area contributed by atoms with Crippen molar-refractivity contribution in [3.8, 4) is 0 Å². The van der Waals surface area contributed by atoms with Crippen LogP contribution in [0.2, 0.25) is 0 Å². The predicted octanol–water partition coefficient (Wildman–Crippen LogP) is 1.88. The Morgan fingerprint density at radius 3 is 2.53 bits per heavy atom. The lowest BCUT2D eigenvalue weighted by molar-refractivity contribution is -0.122. The van der Waals surface area contributed by atoms with Crippen molar-refractivity contribution in [1.82, 2.24) is 10.2 Å². The number of nitrogens with zero attached hydrogens (tertiary/aromatic N) is 1. The molecule has 0 aliphatic heterocycles. The van der Waals surface area contributed by atoms with Gasteiger partial charge in [0, 0.05) is 24.5 Å². The fraction of sp³-hybridized carbons (Fsp3) is 0.933. The SMILES string of the molecule is CN(CCCNC(=O)CC(C)(C)N)C1CCCCC1. The molecule has 112 valence electrons. The highest BCUT2D eigenvalue weighted by molar-refractivity contribution is 5.76. The van der Waals surface area contributed by atoms with E-state index in [0.29, 0.717) is 6.42 Å². The van der Waals surface area contributed by atoms with Crippen molar-refractivity contribution in [1.29, 1.82) is 0 Å². The van der Waals surface area contributed by atoms with Crippen molar-refractivity contribution >= 4 is 5.91 Å². The minimum Gasteiger partial charge on any atom is -0.356 e. The standard InChI is InChI=1S/C15H31N3O/c1-15(2,16)12-14(19)17-10-7-11-18(3)13-8-5-4-6-9-13/h13H,4-12,16H2,1-3H3,(H,17,19). The van der Waals surface area contributed by atoms with Crippen LogP contribution in [-0.2, 0) is 4.79 Å². The van der Waals surface area contributed by atoms with Crippen molar-refractivity contribution in [3.63, 3.8) is 0 Å². The van der Waals surface area contributed by atoms with Gasteiger partial charge in [0.2, 0.25) is 5.91 Å². The van der Waals surface area contributed by atoms with Gasteiger partial charge in [0.05, 0.1) is 0 Å². The van der Waals surface area contributed by atoms with Crippen LogP contribution in [0.15, 0.2) is 0 Å². The lowest BCUT2D eigenvalue weighted by Gasteiger charge is -2.31. The summed E-state index contributed by atoms with van der Waals surface area (Å²) < 4.78 is 0. The molecule has 0 radical (unpaired) electrons. The van der Waals surface area contributed by atoms with Crippen LogP contribution in [0.3, 0.4) is 0 Å². The van der Waals surface area contributed by atoms with Crippen LogP contribution >= 0.6 is 0 Å². The van der Waals surface area contributed by atoms with E-state index in [9.17, 15) is 4.79 Å². The number of nitrogens with one attached hydrogen (secondary N) is 1. The summed E-state index contributed by atoms with van der Waals surface area (Å²) in [5, 5.41) is 2.95. The van der Waals surface area contributed by atoms with E-state index in [2.05, 4.69) is 17.3 Å². The minimum atomic E-state index is -0.414. The second-order valence-corrected chi connectivity index (χ2v) is 6.64. The maximum Gasteiger partial charge on any atom is 0.221 e. The molecule has 0 bridgehead atoms. The minimum absolute atomic E-state index is 0.0628. The first-order valence-electron chi connectivity index (χ1n) is 7.64. The van der Waals surface area contributed by atoms with E-state index in [4.69, 9.17) is 5.73 Å². The molecule has 1 amide bonds. The Morgan fingerprint density at radius 1 is 1.32 bits per heavy atom. The molecule has 0 spiro atoms. The van der Waals surface area contributed by atoms with E-state index in [1.165, 1.54) is 32.1 Å². The number of hydrogen-bond acceptors (Lipinski definition) is 3. The quantitative estimate of drug-likeness (QED) is 0.694. The Hall–Kier alpha value is -0.610. The zero-order valence-electron chi connectivity index (χ0n) is 12.9. The van der Waals surface area contributed by atoms with Gasteiger partial charge in [-0.2, -0.15) is 0 Å². The Labute approximate surface area is 118 Å². The van der Waals surface area contributed by atoms with Crippen molar-refractivity contribution in [2.24, 2.45) is 5.73 Å². The number of nitrogens with two attached hydrogens (primary N) is 1. The number of carbonyl (C=O) groups excluding carboxylic acids is 1. The molecule has 4 nitrogen and oxygen atoms in total. The van der Waals surface area contributed by atoms with Crippen LogP contribution in [-0.4, -0.2) is 42.5 Å². The largest absolute Gasteiger partial charge is 0.356 e. The monoisotopic (exact) mass is 269 g/mol. The zero-order valence-corrected chi connectivity index (χ0v) is 12.9. The number of rotatable bonds is 7. The number of hydrogen-bond donors (Lipinski definition) is 2. The Bertz CT molecular complexity index is 267. The molecule has 1 saturated carbocycles. The van der Waals surface area contributed by atoms with Gasteiger partial charge in [-0.05, 0) is 46.7 Å². The van der Waals surface area contributed by atoms with Gasteiger partial charge in [-0.1, -0.05) is 19.3 Å². The third kappa shape index (κ3) is 7.53. The number of amides is 1. The summed E-state index contributed by atoms with van der Waals surface area (Å²) in [6.07, 6.45) is 8.23. The average molecular weight is 269 g/mol. The van der Waals surface area contributed by atoms with Crippen LogP contribution in [0.1, 0.15) is 58.8 Å². The zero-order chi connectivity index (χ0) is 14.3.